The highest BCUT2D eigenvalue weighted by Crippen LogP contribution is 2.15. The fourth-order valence-corrected chi connectivity index (χ4v) is 2.92. The summed E-state index contributed by atoms with van der Waals surface area (Å²) in [6.45, 7) is 4.07. The van der Waals surface area contributed by atoms with Crippen molar-refractivity contribution < 1.29 is 9.21 Å². The van der Waals surface area contributed by atoms with Crippen LogP contribution in [-0.4, -0.2) is 35.0 Å². The van der Waals surface area contributed by atoms with Gasteiger partial charge in [-0.05, 0) is 37.6 Å². The zero-order chi connectivity index (χ0) is 19.2. The van der Waals surface area contributed by atoms with Crippen LogP contribution in [0.15, 0.2) is 45.8 Å². The summed E-state index contributed by atoms with van der Waals surface area (Å²) in [7, 11) is 1.71. The van der Waals surface area contributed by atoms with Crippen molar-refractivity contribution in [2.24, 2.45) is 10.7 Å². The molecular formula is C19H25IN6O2. The molecule has 0 bridgehead atoms. The minimum Gasteiger partial charge on any atom is -0.454 e. The van der Waals surface area contributed by atoms with Gasteiger partial charge in [-0.3, -0.25) is 9.79 Å². The molecule has 0 spiro atoms. The second kappa shape index (κ2) is 10.1. The molecule has 0 fully saturated rings. The first-order chi connectivity index (χ1) is 13.1. The maximum absolute atomic E-state index is 11.1. The molecule has 3 aromatic rings. The van der Waals surface area contributed by atoms with Crippen molar-refractivity contribution in [3.8, 4) is 0 Å². The molecule has 0 aliphatic carbocycles. The highest BCUT2D eigenvalue weighted by Gasteiger charge is 2.08. The highest BCUT2D eigenvalue weighted by molar-refractivity contribution is 14.0. The maximum Gasteiger partial charge on any atom is 0.284 e. The molecule has 0 saturated heterocycles. The van der Waals surface area contributed by atoms with Crippen LogP contribution >= 0.6 is 24.0 Å². The Morgan fingerprint density at radius 2 is 2.04 bits per heavy atom. The molecule has 0 aliphatic rings. The van der Waals surface area contributed by atoms with Crippen LogP contribution in [0.3, 0.4) is 0 Å². The minimum absolute atomic E-state index is 0. The summed E-state index contributed by atoms with van der Waals surface area (Å²) in [6.07, 6.45) is 0.925. The summed E-state index contributed by atoms with van der Waals surface area (Å²) >= 11 is 0. The van der Waals surface area contributed by atoms with Gasteiger partial charge in [0.1, 0.15) is 11.6 Å². The van der Waals surface area contributed by atoms with Crippen LogP contribution < -0.4 is 16.4 Å². The number of aromatic nitrogens is 2. The molecule has 4 N–H and O–H groups in total. The number of carbonyl (C=O) groups excluding carboxylic acids is 1. The molecule has 1 aromatic carbocycles. The van der Waals surface area contributed by atoms with Gasteiger partial charge in [-0.1, -0.05) is 12.1 Å². The first-order valence-electron chi connectivity index (χ1n) is 8.83. The molecule has 1 amide bonds. The molecule has 2 aromatic heterocycles. The van der Waals surface area contributed by atoms with E-state index in [1.807, 2.05) is 25.1 Å². The number of halogens is 1. The number of aliphatic imine (C=N–C) groups is 1. The molecular weight excluding hydrogens is 471 g/mol. The van der Waals surface area contributed by atoms with Gasteiger partial charge in [0.05, 0.1) is 17.6 Å². The number of furan rings is 1. The number of amides is 1. The molecule has 0 saturated carbocycles. The zero-order valence-corrected chi connectivity index (χ0v) is 18.3. The molecule has 0 radical (unpaired) electrons. The van der Waals surface area contributed by atoms with Crippen LogP contribution in [0, 0.1) is 6.92 Å². The normalized spacial score (nSPS) is 11.3. The average Bonchev–Trinajstić information content (AvgIpc) is 3.25. The van der Waals surface area contributed by atoms with Crippen molar-refractivity contribution in [1.29, 1.82) is 0 Å². The van der Waals surface area contributed by atoms with E-state index in [1.165, 1.54) is 0 Å². The number of rotatable bonds is 7. The summed E-state index contributed by atoms with van der Waals surface area (Å²) in [5.41, 5.74) is 7.36. The summed E-state index contributed by atoms with van der Waals surface area (Å²) < 4.78 is 7.56. The van der Waals surface area contributed by atoms with Crippen LogP contribution in [0.25, 0.3) is 11.0 Å². The van der Waals surface area contributed by atoms with Gasteiger partial charge in [-0.15, -0.1) is 24.0 Å². The van der Waals surface area contributed by atoms with Gasteiger partial charge in [-0.25, -0.2) is 4.98 Å². The minimum atomic E-state index is -0.578. The molecule has 150 valence electrons. The van der Waals surface area contributed by atoms with E-state index in [0.29, 0.717) is 18.3 Å². The Hall–Kier alpha value is -2.56. The number of guanidine groups is 1. The topological polar surface area (TPSA) is 110 Å². The number of fused-ring (bicyclic) bond motifs is 1. The Balaban J connectivity index is 0.00000280. The number of para-hydroxylation sites is 2. The predicted octanol–water partition coefficient (Wildman–Crippen LogP) is 2.41. The van der Waals surface area contributed by atoms with Crippen LogP contribution in [0.2, 0.25) is 0 Å². The van der Waals surface area contributed by atoms with E-state index >= 15 is 0 Å². The molecule has 3 rings (SSSR count). The fourth-order valence-electron chi connectivity index (χ4n) is 2.92. The van der Waals surface area contributed by atoms with Crippen molar-refractivity contribution in [3.05, 3.63) is 53.7 Å². The van der Waals surface area contributed by atoms with E-state index < -0.39 is 5.91 Å². The Labute approximate surface area is 180 Å². The third-order valence-electron chi connectivity index (χ3n) is 4.25. The van der Waals surface area contributed by atoms with Crippen LogP contribution in [0.5, 0.6) is 0 Å². The maximum atomic E-state index is 11.1. The number of hydrogen-bond acceptors (Lipinski definition) is 4. The number of aryl methyl sites for hydroxylation is 2. The highest BCUT2D eigenvalue weighted by atomic mass is 127. The largest absolute Gasteiger partial charge is 0.454 e. The number of nitrogens with one attached hydrogen (secondary N) is 2. The predicted molar refractivity (Wildman–Crippen MR) is 120 cm³/mol. The molecule has 0 aliphatic heterocycles. The van der Waals surface area contributed by atoms with Gasteiger partial charge < -0.3 is 25.4 Å². The van der Waals surface area contributed by atoms with Gasteiger partial charge >= 0.3 is 0 Å². The number of imidazole rings is 1. The zero-order valence-electron chi connectivity index (χ0n) is 15.9. The van der Waals surface area contributed by atoms with Crippen molar-refractivity contribution in [2.45, 2.75) is 26.4 Å². The quantitative estimate of drug-likeness (QED) is 0.202. The number of nitrogens with zero attached hydrogens (tertiary/aromatic N) is 3. The Kier molecular flexibility index (Phi) is 7.85. The summed E-state index contributed by atoms with van der Waals surface area (Å²) in [5.74, 6) is 1.87. The van der Waals surface area contributed by atoms with Gasteiger partial charge in [0.15, 0.2) is 11.7 Å². The Morgan fingerprint density at radius 3 is 2.75 bits per heavy atom. The van der Waals surface area contributed by atoms with Crippen LogP contribution in [0.4, 0.5) is 0 Å². The van der Waals surface area contributed by atoms with E-state index in [2.05, 4.69) is 31.2 Å². The molecule has 9 heteroatoms. The van der Waals surface area contributed by atoms with Crippen LogP contribution in [0.1, 0.15) is 28.6 Å². The number of benzene rings is 1. The number of primary amides is 1. The number of nitrogens with two attached hydrogens (primary N) is 1. The lowest BCUT2D eigenvalue weighted by atomic mass is 10.3. The van der Waals surface area contributed by atoms with Crippen LogP contribution in [-0.2, 0) is 13.1 Å². The van der Waals surface area contributed by atoms with Crippen molar-refractivity contribution >= 4 is 46.9 Å². The molecule has 0 atom stereocenters. The lowest BCUT2D eigenvalue weighted by Crippen LogP contribution is -2.37. The Bertz CT molecular complexity index is 962. The van der Waals surface area contributed by atoms with Gasteiger partial charge in [0.2, 0.25) is 0 Å². The molecule has 0 unspecified atom stereocenters. The summed E-state index contributed by atoms with van der Waals surface area (Å²) in [6, 6.07) is 11.4. The van der Waals surface area contributed by atoms with E-state index in [0.717, 1.165) is 36.4 Å². The molecule has 28 heavy (non-hydrogen) atoms. The number of carbonyl (C=O) groups is 1. The van der Waals surface area contributed by atoms with E-state index in [9.17, 15) is 4.79 Å². The average molecular weight is 496 g/mol. The second-order valence-electron chi connectivity index (χ2n) is 6.14. The first-order valence-corrected chi connectivity index (χ1v) is 8.83. The SMILES string of the molecule is CN=C(NCCCn1c(C)nc2ccccc21)NCc1ccc(C(N)=O)o1.I. The van der Waals surface area contributed by atoms with E-state index in [1.54, 1.807) is 19.2 Å². The van der Waals surface area contributed by atoms with Gasteiger partial charge in [-0.2, -0.15) is 0 Å². The monoisotopic (exact) mass is 496 g/mol. The third-order valence-corrected chi connectivity index (χ3v) is 4.25. The number of hydrogen-bond donors (Lipinski definition) is 3. The van der Waals surface area contributed by atoms with Gasteiger partial charge in [0, 0.05) is 20.1 Å². The van der Waals surface area contributed by atoms with Crippen molar-refractivity contribution in [3.63, 3.8) is 0 Å². The smallest absolute Gasteiger partial charge is 0.284 e. The fraction of sp³-hybridized carbons (Fsp3) is 0.316. The van der Waals surface area contributed by atoms with Gasteiger partial charge in [0.25, 0.3) is 5.91 Å². The molecule has 2 heterocycles. The second-order valence-corrected chi connectivity index (χ2v) is 6.14. The summed E-state index contributed by atoms with van der Waals surface area (Å²) in [4.78, 5) is 19.8. The third kappa shape index (κ3) is 5.24. The Morgan fingerprint density at radius 1 is 1.25 bits per heavy atom. The van der Waals surface area contributed by atoms with Crippen molar-refractivity contribution in [2.75, 3.05) is 13.6 Å². The lowest BCUT2D eigenvalue weighted by molar-refractivity contribution is 0.0972. The molecule has 8 nitrogen and oxygen atoms in total. The lowest BCUT2D eigenvalue weighted by Gasteiger charge is -2.12. The van der Waals surface area contributed by atoms with E-state index in [-0.39, 0.29) is 29.7 Å². The first kappa shape index (κ1) is 21.7. The standard InChI is InChI=1S/C19H24N6O2.HI/c1-13-24-15-6-3-4-7-16(15)25(13)11-5-10-22-19(21-2)23-12-14-8-9-17(27-14)18(20)26;/h3-4,6-9H,5,10-12H2,1-2H3,(H2,20,26)(H2,21,22,23);1H. The van der Waals surface area contributed by atoms with Crippen molar-refractivity contribution in [1.82, 2.24) is 20.2 Å². The van der Waals surface area contributed by atoms with E-state index in [4.69, 9.17) is 10.2 Å². The summed E-state index contributed by atoms with van der Waals surface area (Å²) in [5, 5.41) is 6.42.